The van der Waals surface area contributed by atoms with Crippen LogP contribution in [0.3, 0.4) is 0 Å². The van der Waals surface area contributed by atoms with Crippen LogP contribution in [-0.4, -0.2) is 50.4 Å². The summed E-state index contributed by atoms with van der Waals surface area (Å²) in [6.45, 7) is 2.55. The van der Waals surface area contributed by atoms with Crippen LogP contribution in [-0.2, 0) is 9.59 Å². The number of amides is 2. The van der Waals surface area contributed by atoms with Gasteiger partial charge < -0.3 is 20.3 Å². The number of nitrogens with zero attached hydrogens (tertiary/aromatic N) is 1. The van der Waals surface area contributed by atoms with Gasteiger partial charge in [-0.15, -0.1) is 0 Å². The molecule has 2 aromatic rings. The van der Waals surface area contributed by atoms with Crippen molar-refractivity contribution in [3.05, 3.63) is 58.5 Å². The van der Waals surface area contributed by atoms with Gasteiger partial charge in [-0.3, -0.25) is 14.5 Å². The fraction of sp³-hybridized carbons (Fsp3) is 0.182. The van der Waals surface area contributed by atoms with Crippen molar-refractivity contribution in [2.24, 2.45) is 0 Å². The highest BCUT2D eigenvalue weighted by atomic mass is 32.2. The number of carboxylic acids is 1. The van der Waals surface area contributed by atoms with E-state index in [2.05, 4.69) is 5.32 Å². The van der Waals surface area contributed by atoms with Crippen molar-refractivity contribution in [3.8, 4) is 11.5 Å². The number of nitrogens with one attached hydrogen (secondary N) is 1. The number of benzene rings is 2. The van der Waals surface area contributed by atoms with Crippen molar-refractivity contribution < 1.29 is 29.3 Å². The third kappa shape index (κ3) is 5.65. The number of anilines is 1. The Morgan fingerprint density at radius 1 is 1.22 bits per heavy atom. The van der Waals surface area contributed by atoms with Crippen LogP contribution in [0.1, 0.15) is 29.3 Å². The highest BCUT2D eigenvalue weighted by Crippen LogP contribution is 2.33. The van der Waals surface area contributed by atoms with Gasteiger partial charge in [0.1, 0.15) is 21.4 Å². The van der Waals surface area contributed by atoms with Gasteiger partial charge in [0.05, 0.1) is 11.5 Å². The highest BCUT2D eigenvalue weighted by molar-refractivity contribution is 8.26. The maximum Gasteiger partial charge on any atom is 0.339 e. The van der Waals surface area contributed by atoms with Gasteiger partial charge in [0.15, 0.2) is 0 Å². The third-order valence-electron chi connectivity index (χ3n) is 4.44. The Balaban J connectivity index is 1.60. The van der Waals surface area contributed by atoms with Crippen LogP contribution in [0.4, 0.5) is 5.69 Å². The molecule has 0 bridgehead atoms. The summed E-state index contributed by atoms with van der Waals surface area (Å²) in [5.41, 5.74) is 0.735. The molecule has 0 atom stereocenters. The lowest BCUT2D eigenvalue weighted by atomic mass is 10.1. The molecule has 8 nitrogen and oxygen atoms in total. The molecule has 1 aliphatic heterocycles. The summed E-state index contributed by atoms with van der Waals surface area (Å²) in [6, 6.07) is 11.1. The topological polar surface area (TPSA) is 116 Å². The molecule has 0 radical (unpaired) electrons. The average molecular weight is 473 g/mol. The first-order valence-corrected chi connectivity index (χ1v) is 10.9. The number of carboxylic acid groups (broad SMARTS) is 1. The van der Waals surface area contributed by atoms with Crippen LogP contribution in [0, 0.1) is 0 Å². The number of phenols is 1. The Hall–Kier alpha value is -3.37. The Labute approximate surface area is 193 Å². The number of thiocarbonyl (C=S) groups is 1. The number of rotatable bonds is 8. The van der Waals surface area contributed by atoms with Crippen molar-refractivity contribution >= 4 is 57.8 Å². The summed E-state index contributed by atoms with van der Waals surface area (Å²) < 4.78 is 5.76. The van der Waals surface area contributed by atoms with Crippen LogP contribution >= 0.6 is 24.0 Å². The van der Waals surface area contributed by atoms with Gasteiger partial charge in [-0.25, -0.2) is 4.79 Å². The van der Waals surface area contributed by atoms with Crippen LogP contribution in [0.5, 0.6) is 11.5 Å². The molecule has 3 rings (SSSR count). The van der Waals surface area contributed by atoms with Crippen LogP contribution in [0.15, 0.2) is 47.4 Å². The van der Waals surface area contributed by atoms with Crippen LogP contribution < -0.4 is 10.1 Å². The van der Waals surface area contributed by atoms with Gasteiger partial charge in [-0.1, -0.05) is 36.1 Å². The lowest BCUT2D eigenvalue weighted by molar-refractivity contribution is -0.122. The number of hydrogen-bond acceptors (Lipinski definition) is 7. The van der Waals surface area contributed by atoms with E-state index >= 15 is 0 Å². The van der Waals surface area contributed by atoms with Crippen LogP contribution in [0.2, 0.25) is 0 Å². The van der Waals surface area contributed by atoms with E-state index in [0.717, 1.165) is 17.4 Å². The van der Waals surface area contributed by atoms with E-state index in [1.54, 1.807) is 6.08 Å². The Kier molecular flexibility index (Phi) is 7.49. The number of ether oxygens (including phenoxy) is 1. The summed E-state index contributed by atoms with van der Waals surface area (Å²) in [4.78, 5) is 37.9. The highest BCUT2D eigenvalue weighted by Gasteiger charge is 2.32. The fourth-order valence-electron chi connectivity index (χ4n) is 2.89. The Morgan fingerprint density at radius 2 is 1.94 bits per heavy atom. The monoisotopic (exact) mass is 472 g/mol. The fourth-order valence-corrected chi connectivity index (χ4v) is 4.20. The molecule has 2 aromatic carbocycles. The third-order valence-corrected chi connectivity index (χ3v) is 5.81. The quantitative estimate of drug-likeness (QED) is 0.302. The first-order valence-electron chi connectivity index (χ1n) is 9.63. The minimum atomic E-state index is -1.31. The number of aromatic carboxylic acids is 1. The summed E-state index contributed by atoms with van der Waals surface area (Å²) >= 11 is 6.46. The van der Waals surface area contributed by atoms with Gasteiger partial charge in [0.2, 0.25) is 5.91 Å². The number of thioether (sulfide) groups is 1. The molecular formula is C22H20N2O6S2. The van der Waals surface area contributed by atoms with E-state index in [1.165, 1.54) is 28.8 Å². The molecule has 10 heteroatoms. The second-order valence-electron chi connectivity index (χ2n) is 6.67. The van der Waals surface area contributed by atoms with Crippen molar-refractivity contribution in [2.75, 3.05) is 18.5 Å². The molecule has 3 N–H and O–H groups in total. The predicted molar refractivity (Wildman–Crippen MR) is 126 cm³/mol. The molecule has 0 aliphatic carbocycles. The SMILES string of the molecule is CCOc1ccc(/C=C2/SC(=S)N(CCC(=O)Nc3ccc(O)c(C(=O)O)c3)C2=O)cc1. The standard InChI is InChI=1S/C22H20N2O6S2/c1-2-30-15-6-3-13(4-7-15)11-18-20(27)24(22(31)32-18)10-9-19(26)23-14-5-8-17(25)16(12-14)21(28)29/h3-8,11-12,25H,2,9-10H2,1H3,(H,23,26)(H,28,29)/b18-11+. The molecule has 0 aromatic heterocycles. The Bertz CT molecular complexity index is 1100. The van der Waals surface area contributed by atoms with Gasteiger partial charge in [0.25, 0.3) is 5.91 Å². The van der Waals surface area contributed by atoms with E-state index in [9.17, 15) is 19.5 Å². The average Bonchev–Trinajstić information content (AvgIpc) is 3.02. The zero-order chi connectivity index (χ0) is 23.3. The largest absolute Gasteiger partial charge is 0.507 e. The molecule has 0 spiro atoms. The lowest BCUT2D eigenvalue weighted by Crippen LogP contribution is -2.31. The minimum absolute atomic E-state index is 0.0357. The van der Waals surface area contributed by atoms with E-state index in [-0.39, 0.29) is 30.1 Å². The summed E-state index contributed by atoms with van der Waals surface area (Å²) in [5.74, 6) is -1.66. The normalized spacial score (nSPS) is 14.7. The second kappa shape index (κ2) is 10.3. The first-order chi connectivity index (χ1) is 15.3. The predicted octanol–water partition coefficient (Wildman–Crippen LogP) is 3.72. The number of aromatic hydroxyl groups is 1. The van der Waals surface area contributed by atoms with Gasteiger partial charge >= 0.3 is 5.97 Å². The van der Waals surface area contributed by atoms with Crippen LogP contribution in [0.25, 0.3) is 6.08 Å². The Morgan fingerprint density at radius 3 is 2.59 bits per heavy atom. The van der Waals surface area contributed by atoms with Gasteiger partial charge in [0, 0.05) is 18.7 Å². The molecule has 32 heavy (non-hydrogen) atoms. The number of carbonyl (C=O) groups excluding carboxylic acids is 2. The molecule has 1 heterocycles. The van der Waals surface area contributed by atoms with E-state index in [1.807, 2.05) is 31.2 Å². The van der Waals surface area contributed by atoms with Gasteiger partial charge in [-0.05, 0) is 48.9 Å². The summed E-state index contributed by atoms with van der Waals surface area (Å²) in [5, 5.41) is 21.2. The molecule has 1 aliphatic rings. The molecule has 1 fully saturated rings. The first kappa shape index (κ1) is 23.3. The van der Waals surface area contributed by atoms with E-state index in [4.69, 9.17) is 22.1 Å². The van der Waals surface area contributed by atoms with E-state index in [0.29, 0.717) is 15.8 Å². The number of hydrogen-bond donors (Lipinski definition) is 3. The molecule has 166 valence electrons. The minimum Gasteiger partial charge on any atom is -0.507 e. The van der Waals surface area contributed by atoms with Gasteiger partial charge in [-0.2, -0.15) is 0 Å². The van der Waals surface area contributed by atoms with E-state index < -0.39 is 17.6 Å². The lowest BCUT2D eigenvalue weighted by Gasteiger charge is -2.14. The zero-order valence-electron chi connectivity index (χ0n) is 17.0. The van der Waals surface area contributed by atoms with Crippen molar-refractivity contribution in [1.82, 2.24) is 4.90 Å². The maximum atomic E-state index is 12.7. The molecule has 1 saturated heterocycles. The van der Waals surface area contributed by atoms with Crippen molar-refractivity contribution in [3.63, 3.8) is 0 Å². The van der Waals surface area contributed by atoms with Crippen molar-refractivity contribution in [2.45, 2.75) is 13.3 Å². The summed E-state index contributed by atoms with van der Waals surface area (Å²) in [7, 11) is 0. The molecule has 0 unspecified atom stereocenters. The summed E-state index contributed by atoms with van der Waals surface area (Å²) in [6.07, 6.45) is 1.70. The molecule has 0 saturated carbocycles. The number of carbonyl (C=O) groups is 3. The zero-order valence-corrected chi connectivity index (χ0v) is 18.7. The van der Waals surface area contributed by atoms with Crippen molar-refractivity contribution in [1.29, 1.82) is 0 Å². The maximum absolute atomic E-state index is 12.7. The second-order valence-corrected chi connectivity index (χ2v) is 8.35. The smallest absolute Gasteiger partial charge is 0.339 e. The molecular weight excluding hydrogens is 452 g/mol. The molecule has 2 amide bonds.